The molecule has 0 saturated heterocycles. The topological polar surface area (TPSA) is 92.8 Å². The quantitative estimate of drug-likeness (QED) is 0.299. The van der Waals surface area contributed by atoms with E-state index in [4.69, 9.17) is 4.74 Å². The van der Waals surface area contributed by atoms with Gasteiger partial charge in [0.2, 0.25) is 5.13 Å². The van der Waals surface area contributed by atoms with E-state index in [0.717, 1.165) is 27.0 Å². The number of hydrogen-bond acceptors (Lipinski definition) is 9. The Hall–Kier alpha value is -3.21. The summed E-state index contributed by atoms with van der Waals surface area (Å²) in [6.45, 7) is 0. The third kappa shape index (κ3) is 4.76. The van der Waals surface area contributed by atoms with Crippen LogP contribution in [0.1, 0.15) is 5.82 Å². The van der Waals surface area contributed by atoms with Crippen molar-refractivity contribution < 1.29 is 4.74 Å². The first-order chi connectivity index (χ1) is 15.2. The molecule has 0 aliphatic heterocycles. The highest BCUT2D eigenvalue weighted by Crippen LogP contribution is 2.30. The van der Waals surface area contributed by atoms with Crippen LogP contribution in [0.15, 0.2) is 75.2 Å². The molecular weight excluding hydrogens is 450 g/mol. The first kappa shape index (κ1) is 19.7. The number of thiophene rings is 1. The molecule has 0 fully saturated rings. The molecule has 5 rings (SSSR count). The lowest BCUT2D eigenvalue weighted by Gasteiger charge is -2.06. The molecule has 0 bridgehead atoms. The summed E-state index contributed by atoms with van der Waals surface area (Å²) >= 11 is 4.32. The number of fused-ring (bicyclic) bond motifs is 1. The van der Waals surface area contributed by atoms with Crippen LogP contribution in [-0.2, 0) is 5.75 Å². The molecule has 154 valence electrons. The van der Waals surface area contributed by atoms with Crippen molar-refractivity contribution in [3.8, 4) is 11.5 Å². The SMILES string of the molecule is O=c1[nH]c(CSc2nnc(Nc3ccc(Oc4ccccc4)cc3)s2)nc2ccsc12. The average molecular weight is 466 g/mol. The molecule has 0 atom stereocenters. The minimum atomic E-state index is -0.102. The normalized spacial score (nSPS) is 11.0. The fraction of sp³-hybridized carbons (Fsp3) is 0.0476. The fourth-order valence-electron chi connectivity index (χ4n) is 2.79. The van der Waals surface area contributed by atoms with E-state index in [2.05, 4.69) is 25.5 Å². The summed E-state index contributed by atoms with van der Waals surface area (Å²) in [5.74, 6) is 2.69. The van der Waals surface area contributed by atoms with E-state index in [9.17, 15) is 4.79 Å². The summed E-state index contributed by atoms with van der Waals surface area (Å²) in [4.78, 5) is 19.4. The number of ether oxygens (including phenoxy) is 1. The van der Waals surface area contributed by atoms with Crippen LogP contribution in [0.25, 0.3) is 10.2 Å². The molecule has 0 saturated carbocycles. The van der Waals surface area contributed by atoms with Crippen LogP contribution < -0.4 is 15.6 Å². The summed E-state index contributed by atoms with van der Waals surface area (Å²) < 4.78 is 7.25. The standard InChI is InChI=1S/C21H15N5O2S3/c27-19-18-16(10-11-29-18)23-17(24-19)12-30-21-26-25-20(31-21)22-13-6-8-15(9-7-13)28-14-4-2-1-3-5-14/h1-11H,12H2,(H,22,25)(H,23,24,27). The molecule has 0 aliphatic carbocycles. The first-order valence-electron chi connectivity index (χ1n) is 9.26. The lowest BCUT2D eigenvalue weighted by molar-refractivity contribution is 0.483. The van der Waals surface area contributed by atoms with Gasteiger partial charge in [-0.2, -0.15) is 0 Å². The Bertz CT molecular complexity index is 1360. The van der Waals surface area contributed by atoms with Gasteiger partial charge in [0.25, 0.3) is 5.56 Å². The molecule has 31 heavy (non-hydrogen) atoms. The van der Waals surface area contributed by atoms with Crippen LogP contribution in [0.3, 0.4) is 0 Å². The van der Waals surface area contributed by atoms with E-state index in [1.54, 1.807) is 0 Å². The van der Waals surface area contributed by atoms with Crippen molar-refractivity contribution in [2.45, 2.75) is 10.1 Å². The maximum atomic E-state index is 12.1. The number of nitrogens with one attached hydrogen (secondary N) is 2. The van der Waals surface area contributed by atoms with E-state index < -0.39 is 0 Å². The van der Waals surface area contributed by atoms with Crippen LogP contribution >= 0.6 is 34.4 Å². The summed E-state index contributed by atoms with van der Waals surface area (Å²) in [6, 6.07) is 19.2. The zero-order valence-corrected chi connectivity index (χ0v) is 18.4. The van der Waals surface area contributed by atoms with Crippen molar-refractivity contribution in [1.29, 1.82) is 0 Å². The molecule has 7 nitrogen and oxygen atoms in total. The highest BCUT2D eigenvalue weighted by atomic mass is 32.2. The second-order valence-corrected chi connectivity index (χ2v) is 9.49. The Morgan fingerprint density at radius 2 is 1.81 bits per heavy atom. The smallest absolute Gasteiger partial charge is 0.268 e. The van der Waals surface area contributed by atoms with Gasteiger partial charge in [0.1, 0.15) is 22.0 Å². The van der Waals surface area contributed by atoms with Gasteiger partial charge in [0, 0.05) is 5.69 Å². The largest absolute Gasteiger partial charge is 0.457 e. The maximum Gasteiger partial charge on any atom is 0.268 e. The van der Waals surface area contributed by atoms with Crippen molar-refractivity contribution in [2.24, 2.45) is 0 Å². The number of nitrogens with zero attached hydrogens (tertiary/aromatic N) is 3. The van der Waals surface area contributed by atoms with Crippen molar-refractivity contribution >= 4 is 55.5 Å². The Labute approximate surface area is 189 Å². The highest BCUT2D eigenvalue weighted by molar-refractivity contribution is 8.00. The second kappa shape index (κ2) is 8.88. The first-order valence-corrected chi connectivity index (χ1v) is 11.9. The van der Waals surface area contributed by atoms with Crippen molar-refractivity contribution in [3.05, 3.63) is 82.2 Å². The molecule has 2 aromatic carbocycles. The van der Waals surface area contributed by atoms with E-state index >= 15 is 0 Å². The lowest BCUT2D eigenvalue weighted by atomic mass is 10.3. The van der Waals surface area contributed by atoms with Gasteiger partial charge >= 0.3 is 0 Å². The number of hydrogen-bond donors (Lipinski definition) is 2. The van der Waals surface area contributed by atoms with Gasteiger partial charge in [-0.25, -0.2) is 4.98 Å². The summed E-state index contributed by atoms with van der Waals surface area (Å²) in [5, 5.41) is 14.2. The molecule has 3 aromatic heterocycles. The number of H-pyrrole nitrogens is 1. The van der Waals surface area contributed by atoms with Gasteiger partial charge < -0.3 is 15.0 Å². The number of rotatable bonds is 7. The average Bonchev–Trinajstić information content (AvgIpc) is 3.44. The minimum Gasteiger partial charge on any atom is -0.457 e. The van der Waals surface area contributed by atoms with Crippen LogP contribution in [-0.4, -0.2) is 20.2 Å². The number of para-hydroxylation sites is 1. The molecular formula is C21H15N5O2S3. The summed E-state index contributed by atoms with van der Waals surface area (Å²) in [6.07, 6.45) is 0. The van der Waals surface area contributed by atoms with E-state index in [1.807, 2.05) is 66.0 Å². The Kier molecular flexibility index (Phi) is 5.65. The van der Waals surface area contributed by atoms with Crippen LogP contribution in [0.5, 0.6) is 11.5 Å². The molecule has 0 amide bonds. The third-order valence-electron chi connectivity index (χ3n) is 4.19. The van der Waals surface area contributed by atoms with Gasteiger partial charge in [0.05, 0.1) is 11.3 Å². The molecule has 0 unspecified atom stereocenters. The van der Waals surface area contributed by atoms with E-state index in [-0.39, 0.29) is 5.56 Å². The third-order valence-corrected chi connectivity index (χ3v) is 7.07. The Balaban J connectivity index is 1.20. The predicted octanol–water partition coefficient (Wildman–Crippen LogP) is 5.66. The van der Waals surface area contributed by atoms with Crippen LogP contribution in [0.2, 0.25) is 0 Å². The summed E-state index contributed by atoms with van der Waals surface area (Å²) in [7, 11) is 0. The van der Waals surface area contributed by atoms with Gasteiger partial charge in [-0.05, 0) is 47.8 Å². The number of aromatic amines is 1. The van der Waals surface area contributed by atoms with Crippen molar-refractivity contribution in [3.63, 3.8) is 0 Å². The molecule has 0 radical (unpaired) electrons. The number of anilines is 2. The van der Waals surface area contributed by atoms with Crippen molar-refractivity contribution in [1.82, 2.24) is 20.2 Å². The predicted molar refractivity (Wildman–Crippen MR) is 126 cm³/mol. The van der Waals surface area contributed by atoms with E-state index in [0.29, 0.717) is 21.4 Å². The number of benzene rings is 2. The Morgan fingerprint density at radius 1 is 1.00 bits per heavy atom. The molecule has 0 aliphatic rings. The molecule has 5 aromatic rings. The number of aromatic nitrogens is 4. The zero-order chi connectivity index (χ0) is 21.0. The van der Waals surface area contributed by atoms with E-state index in [1.165, 1.54) is 34.4 Å². The Morgan fingerprint density at radius 3 is 2.65 bits per heavy atom. The van der Waals surface area contributed by atoms with Crippen molar-refractivity contribution in [2.75, 3.05) is 5.32 Å². The fourth-order valence-corrected chi connectivity index (χ4v) is 5.16. The van der Waals surface area contributed by atoms with Gasteiger partial charge in [-0.3, -0.25) is 4.79 Å². The maximum absolute atomic E-state index is 12.1. The van der Waals surface area contributed by atoms with Gasteiger partial charge in [-0.15, -0.1) is 21.5 Å². The van der Waals surface area contributed by atoms with Crippen LogP contribution in [0, 0.1) is 0 Å². The minimum absolute atomic E-state index is 0.102. The highest BCUT2D eigenvalue weighted by Gasteiger charge is 2.09. The monoisotopic (exact) mass is 465 g/mol. The molecule has 2 N–H and O–H groups in total. The molecule has 3 heterocycles. The second-order valence-electron chi connectivity index (χ2n) is 6.37. The van der Waals surface area contributed by atoms with Gasteiger partial charge in [0.15, 0.2) is 4.34 Å². The van der Waals surface area contributed by atoms with Gasteiger partial charge in [-0.1, -0.05) is 41.3 Å². The summed E-state index contributed by atoms with van der Waals surface area (Å²) in [5.41, 5.74) is 1.51. The van der Waals surface area contributed by atoms with Crippen LogP contribution in [0.4, 0.5) is 10.8 Å². The lowest BCUT2D eigenvalue weighted by Crippen LogP contribution is -2.09. The molecule has 0 spiro atoms. The zero-order valence-electron chi connectivity index (χ0n) is 15.9. The molecule has 10 heteroatoms. The number of thioether (sulfide) groups is 1.